The van der Waals surface area contributed by atoms with Gasteiger partial charge in [-0.25, -0.2) is 0 Å². The van der Waals surface area contributed by atoms with E-state index in [1.165, 1.54) is 5.56 Å². The minimum Gasteiger partial charge on any atom is -0.491 e. The van der Waals surface area contributed by atoms with E-state index in [0.717, 1.165) is 24.2 Å². The smallest absolute Gasteiger partial charge is 0.305 e. The van der Waals surface area contributed by atoms with Crippen molar-refractivity contribution in [3.63, 3.8) is 0 Å². The molecule has 0 radical (unpaired) electrons. The molecule has 0 aromatic heterocycles. The zero-order chi connectivity index (χ0) is 19.5. The van der Waals surface area contributed by atoms with Crippen LogP contribution < -0.4 is 4.74 Å². The number of ether oxygens (including phenoxy) is 2. The van der Waals surface area contributed by atoms with Crippen LogP contribution >= 0.6 is 12.4 Å². The average molecular weight is 408 g/mol. The zero-order valence-corrected chi connectivity index (χ0v) is 17.4. The number of carboxylic acids is 1. The molecule has 0 spiro atoms. The van der Waals surface area contributed by atoms with E-state index >= 15 is 0 Å². The number of hydrogen-bond donors (Lipinski definition) is 1. The topological polar surface area (TPSA) is 59.0 Å². The highest BCUT2D eigenvalue weighted by Crippen LogP contribution is 2.20. The van der Waals surface area contributed by atoms with Gasteiger partial charge in [-0.05, 0) is 44.1 Å². The molecular weight excluding hydrogens is 378 g/mol. The largest absolute Gasteiger partial charge is 0.491 e. The number of carboxylic acid groups (broad SMARTS) is 1. The Kier molecular flexibility index (Phi) is 11.3. The second kappa shape index (κ2) is 13.2. The number of halogens is 1. The Morgan fingerprint density at radius 1 is 1.04 bits per heavy atom. The standard InChI is InChI=1S/C22H29NO4.ClH/c1-23(2)16-20(26-15-14-22(24)25)17-27-21-11-7-6-10-19(21)13-12-18-8-4-3-5-9-18;/h3-11,20H,12-17H2,1-2H3,(H,24,25);1H. The molecular formula is C22H30ClNO4. The van der Waals surface area contributed by atoms with E-state index in [0.29, 0.717) is 13.2 Å². The first-order chi connectivity index (χ1) is 13.0. The van der Waals surface area contributed by atoms with Crippen LogP contribution in [0.15, 0.2) is 54.6 Å². The van der Waals surface area contributed by atoms with E-state index in [2.05, 4.69) is 30.3 Å². The minimum atomic E-state index is -0.856. The van der Waals surface area contributed by atoms with Gasteiger partial charge in [0.25, 0.3) is 0 Å². The summed E-state index contributed by atoms with van der Waals surface area (Å²) in [4.78, 5) is 12.7. The van der Waals surface area contributed by atoms with Crippen molar-refractivity contribution in [2.75, 3.05) is 33.9 Å². The molecule has 1 atom stereocenters. The molecule has 154 valence electrons. The SMILES string of the molecule is CN(C)CC(COc1ccccc1CCc1ccccc1)OCCC(=O)O.Cl. The van der Waals surface area contributed by atoms with Crippen molar-refractivity contribution in [1.82, 2.24) is 4.90 Å². The van der Waals surface area contributed by atoms with Crippen molar-refractivity contribution in [3.8, 4) is 5.75 Å². The van der Waals surface area contributed by atoms with Crippen molar-refractivity contribution in [2.24, 2.45) is 0 Å². The maximum Gasteiger partial charge on any atom is 0.305 e. The highest BCUT2D eigenvalue weighted by molar-refractivity contribution is 5.85. The van der Waals surface area contributed by atoms with Gasteiger partial charge < -0.3 is 19.5 Å². The lowest BCUT2D eigenvalue weighted by Crippen LogP contribution is -2.34. The van der Waals surface area contributed by atoms with Crippen LogP contribution in [0.5, 0.6) is 5.75 Å². The summed E-state index contributed by atoms with van der Waals surface area (Å²) in [6, 6.07) is 18.4. The molecule has 0 heterocycles. The molecule has 5 nitrogen and oxygen atoms in total. The number of aliphatic carboxylic acids is 1. The predicted octanol–water partition coefficient (Wildman–Crippen LogP) is 3.69. The number of rotatable bonds is 12. The van der Waals surface area contributed by atoms with Crippen LogP contribution in [0.25, 0.3) is 0 Å². The predicted molar refractivity (Wildman–Crippen MR) is 114 cm³/mol. The van der Waals surface area contributed by atoms with E-state index < -0.39 is 5.97 Å². The summed E-state index contributed by atoms with van der Waals surface area (Å²) in [5, 5.41) is 8.78. The van der Waals surface area contributed by atoms with Gasteiger partial charge in [0.2, 0.25) is 0 Å². The lowest BCUT2D eigenvalue weighted by atomic mass is 10.0. The number of hydrogen-bond acceptors (Lipinski definition) is 4. The summed E-state index contributed by atoms with van der Waals surface area (Å²) in [6.45, 7) is 1.25. The quantitative estimate of drug-likeness (QED) is 0.581. The molecule has 0 aliphatic rings. The summed E-state index contributed by atoms with van der Waals surface area (Å²) >= 11 is 0. The van der Waals surface area contributed by atoms with Crippen LogP contribution in [0, 0.1) is 0 Å². The van der Waals surface area contributed by atoms with E-state index in [-0.39, 0.29) is 31.5 Å². The number of benzene rings is 2. The van der Waals surface area contributed by atoms with Gasteiger partial charge in [-0.2, -0.15) is 0 Å². The first-order valence-corrected chi connectivity index (χ1v) is 9.27. The second-order valence-electron chi connectivity index (χ2n) is 6.80. The third kappa shape index (κ3) is 9.22. The van der Waals surface area contributed by atoms with Gasteiger partial charge >= 0.3 is 5.97 Å². The minimum absolute atomic E-state index is 0. The first-order valence-electron chi connectivity index (χ1n) is 9.27. The number of likely N-dealkylation sites (N-methyl/N-ethyl adjacent to an activating group) is 1. The molecule has 0 saturated heterocycles. The molecule has 1 N–H and O–H groups in total. The fraction of sp³-hybridized carbons (Fsp3) is 0.409. The third-order valence-corrected chi connectivity index (χ3v) is 4.16. The van der Waals surface area contributed by atoms with Gasteiger partial charge in [0.1, 0.15) is 18.5 Å². The average Bonchev–Trinajstić information content (AvgIpc) is 2.65. The molecule has 28 heavy (non-hydrogen) atoms. The summed E-state index contributed by atoms with van der Waals surface area (Å²) < 4.78 is 11.8. The highest BCUT2D eigenvalue weighted by Gasteiger charge is 2.14. The van der Waals surface area contributed by atoms with Gasteiger partial charge in [-0.3, -0.25) is 4.79 Å². The molecule has 0 aliphatic carbocycles. The van der Waals surface area contributed by atoms with Gasteiger partial charge in [0.15, 0.2) is 0 Å². The molecule has 2 aromatic rings. The monoisotopic (exact) mass is 407 g/mol. The molecule has 0 fully saturated rings. The normalized spacial score (nSPS) is 11.7. The number of nitrogens with zero attached hydrogens (tertiary/aromatic N) is 1. The summed E-state index contributed by atoms with van der Waals surface area (Å²) in [6.07, 6.45) is 1.68. The molecule has 2 rings (SSSR count). The molecule has 0 aliphatic heterocycles. The molecule has 0 bridgehead atoms. The Labute approximate surface area is 173 Å². The van der Waals surface area contributed by atoms with E-state index in [4.69, 9.17) is 14.6 Å². The highest BCUT2D eigenvalue weighted by atomic mass is 35.5. The van der Waals surface area contributed by atoms with Crippen LogP contribution in [-0.2, 0) is 22.4 Å². The maximum absolute atomic E-state index is 10.7. The molecule has 6 heteroatoms. The fourth-order valence-corrected chi connectivity index (χ4v) is 2.83. The summed E-state index contributed by atoms with van der Waals surface area (Å²) in [7, 11) is 3.92. The van der Waals surface area contributed by atoms with Crippen LogP contribution in [-0.4, -0.2) is 55.9 Å². The van der Waals surface area contributed by atoms with Gasteiger partial charge in [0.05, 0.1) is 13.0 Å². The van der Waals surface area contributed by atoms with Crippen LogP contribution in [0.1, 0.15) is 17.5 Å². The maximum atomic E-state index is 10.7. The third-order valence-electron chi connectivity index (χ3n) is 4.16. The lowest BCUT2D eigenvalue weighted by Gasteiger charge is -2.22. The van der Waals surface area contributed by atoms with Crippen LogP contribution in [0.2, 0.25) is 0 Å². The first kappa shape index (κ1) is 24.0. The Morgan fingerprint density at radius 3 is 2.39 bits per heavy atom. The summed E-state index contributed by atoms with van der Waals surface area (Å²) in [5.74, 6) is 0.00445. The number of para-hydroxylation sites is 1. The molecule has 0 amide bonds. The molecule has 2 aromatic carbocycles. The molecule has 1 unspecified atom stereocenters. The Morgan fingerprint density at radius 2 is 1.71 bits per heavy atom. The fourth-order valence-electron chi connectivity index (χ4n) is 2.83. The number of carbonyl (C=O) groups is 1. The van der Waals surface area contributed by atoms with Gasteiger partial charge in [0, 0.05) is 6.54 Å². The Balaban J connectivity index is 0.00000392. The van der Waals surface area contributed by atoms with Crippen molar-refractivity contribution in [1.29, 1.82) is 0 Å². The van der Waals surface area contributed by atoms with Gasteiger partial charge in [-0.1, -0.05) is 48.5 Å². The van der Waals surface area contributed by atoms with Crippen molar-refractivity contribution in [3.05, 3.63) is 65.7 Å². The van der Waals surface area contributed by atoms with Crippen LogP contribution in [0.3, 0.4) is 0 Å². The van der Waals surface area contributed by atoms with Crippen molar-refractivity contribution in [2.45, 2.75) is 25.4 Å². The second-order valence-corrected chi connectivity index (χ2v) is 6.80. The number of aryl methyl sites for hydroxylation is 2. The van der Waals surface area contributed by atoms with Crippen LogP contribution in [0.4, 0.5) is 0 Å². The van der Waals surface area contributed by atoms with Crippen molar-refractivity contribution < 1.29 is 19.4 Å². The van der Waals surface area contributed by atoms with E-state index in [1.54, 1.807) is 0 Å². The van der Waals surface area contributed by atoms with E-state index in [9.17, 15) is 4.79 Å². The zero-order valence-electron chi connectivity index (χ0n) is 16.5. The summed E-state index contributed by atoms with van der Waals surface area (Å²) in [5.41, 5.74) is 2.46. The molecule has 0 saturated carbocycles. The van der Waals surface area contributed by atoms with E-state index in [1.807, 2.05) is 43.3 Å². The Hall–Kier alpha value is -2.08. The Bertz CT molecular complexity index is 694. The van der Waals surface area contributed by atoms with Gasteiger partial charge in [-0.15, -0.1) is 12.4 Å². The van der Waals surface area contributed by atoms with Crippen molar-refractivity contribution >= 4 is 18.4 Å². The lowest BCUT2D eigenvalue weighted by molar-refractivity contribution is -0.138.